The van der Waals surface area contributed by atoms with Gasteiger partial charge in [0.15, 0.2) is 11.5 Å². The number of rotatable bonds is 4. The maximum Gasteiger partial charge on any atom is 0.282 e. The van der Waals surface area contributed by atoms with E-state index in [1.165, 1.54) is 25.1 Å². The van der Waals surface area contributed by atoms with E-state index in [1.807, 2.05) is 26.8 Å². The Bertz CT molecular complexity index is 1140. The Kier molecular flexibility index (Phi) is 5.66. The van der Waals surface area contributed by atoms with Gasteiger partial charge in [0.1, 0.15) is 5.82 Å². The van der Waals surface area contributed by atoms with Gasteiger partial charge in [-0.1, -0.05) is 36.7 Å². The number of benzene rings is 2. The molecule has 0 aliphatic rings. The first-order valence-electron chi connectivity index (χ1n) is 8.88. The summed E-state index contributed by atoms with van der Waals surface area (Å²) in [5.41, 5.74) is 0.526. The Labute approximate surface area is 176 Å². The predicted octanol–water partition coefficient (Wildman–Crippen LogP) is 4.06. The zero-order chi connectivity index (χ0) is 21.3. The normalized spacial score (nSPS) is 11.9. The van der Waals surface area contributed by atoms with Crippen LogP contribution in [0.4, 0.5) is 0 Å². The standard InChI is InChI=1S/C21H22BrN3O4/c1-21(2,3)20-24-15-7-6-13(22)10-14(15)19(27)25(20)23-11-12-8-16(28-4)18(26)17(9-12)29-5/h6-11,26H,1-5H3. The molecule has 0 aliphatic heterocycles. The number of phenolic OH excluding ortho intramolecular Hbond substituents is 1. The van der Waals surface area contributed by atoms with Crippen LogP contribution in [0.25, 0.3) is 10.9 Å². The van der Waals surface area contributed by atoms with Crippen molar-refractivity contribution in [2.45, 2.75) is 26.2 Å². The first-order chi connectivity index (χ1) is 13.7. The summed E-state index contributed by atoms with van der Waals surface area (Å²) in [5.74, 6) is 0.924. The van der Waals surface area contributed by atoms with Gasteiger partial charge < -0.3 is 14.6 Å². The second-order valence-electron chi connectivity index (χ2n) is 7.48. The van der Waals surface area contributed by atoms with Crippen LogP contribution >= 0.6 is 15.9 Å². The quantitative estimate of drug-likeness (QED) is 0.594. The Balaban J connectivity index is 2.22. The molecule has 0 spiro atoms. The zero-order valence-electron chi connectivity index (χ0n) is 16.9. The third kappa shape index (κ3) is 4.12. The molecule has 0 bridgehead atoms. The summed E-state index contributed by atoms with van der Waals surface area (Å²) >= 11 is 3.40. The summed E-state index contributed by atoms with van der Waals surface area (Å²) in [4.78, 5) is 17.8. The van der Waals surface area contributed by atoms with Crippen LogP contribution in [0.1, 0.15) is 32.2 Å². The molecule has 0 atom stereocenters. The number of hydrogen-bond acceptors (Lipinski definition) is 6. The smallest absolute Gasteiger partial charge is 0.282 e. The molecule has 8 heteroatoms. The van der Waals surface area contributed by atoms with Crippen LogP contribution in [-0.4, -0.2) is 35.2 Å². The summed E-state index contributed by atoms with van der Waals surface area (Å²) in [6, 6.07) is 8.60. The van der Waals surface area contributed by atoms with Crippen molar-refractivity contribution >= 4 is 33.0 Å². The van der Waals surface area contributed by atoms with E-state index in [0.29, 0.717) is 22.3 Å². The molecule has 0 amide bonds. The van der Waals surface area contributed by atoms with E-state index in [-0.39, 0.29) is 22.8 Å². The van der Waals surface area contributed by atoms with Crippen LogP contribution in [0, 0.1) is 0 Å². The Hall–Kier alpha value is -2.87. The second kappa shape index (κ2) is 7.87. The molecule has 7 nitrogen and oxygen atoms in total. The van der Waals surface area contributed by atoms with Crippen molar-refractivity contribution in [2.75, 3.05) is 14.2 Å². The number of nitrogens with zero attached hydrogens (tertiary/aromatic N) is 3. The average Bonchev–Trinajstić information content (AvgIpc) is 2.67. The minimum Gasteiger partial charge on any atom is -0.502 e. The predicted molar refractivity (Wildman–Crippen MR) is 117 cm³/mol. The first-order valence-corrected chi connectivity index (χ1v) is 9.67. The maximum absolute atomic E-state index is 13.2. The molecule has 29 heavy (non-hydrogen) atoms. The summed E-state index contributed by atoms with van der Waals surface area (Å²) < 4.78 is 12.4. The van der Waals surface area contributed by atoms with Gasteiger partial charge in [-0.3, -0.25) is 4.79 Å². The van der Waals surface area contributed by atoms with Crippen molar-refractivity contribution in [3.8, 4) is 17.2 Å². The van der Waals surface area contributed by atoms with Gasteiger partial charge in [-0.2, -0.15) is 9.78 Å². The number of aromatic hydroxyl groups is 1. The number of methoxy groups -OCH3 is 2. The monoisotopic (exact) mass is 459 g/mol. The Morgan fingerprint density at radius 2 is 1.76 bits per heavy atom. The van der Waals surface area contributed by atoms with Crippen LogP contribution < -0.4 is 15.0 Å². The van der Waals surface area contributed by atoms with Crippen molar-refractivity contribution in [2.24, 2.45) is 5.10 Å². The number of phenols is 1. The average molecular weight is 460 g/mol. The van der Waals surface area contributed by atoms with E-state index in [0.717, 1.165) is 4.47 Å². The fourth-order valence-electron chi connectivity index (χ4n) is 2.85. The van der Waals surface area contributed by atoms with Crippen LogP contribution in [-0.2, 0) is 5.41 Å². The van der Waals surface area contributed by atoms with Gasteiger partial charge in [0.05, 0.1) is 31.3 Å². The van der Waals surface area contributed by atoms with Crippen LogP contribution in [0.3, 0.4) is 0 Å². The SMILES string of the molecule is COc1cc(C=Nn2c(C(C)(C)C)nc3ccc(Br)cc3c2=O)cc(OC)c1O. The molecular weight excluding hydrogens is 438 g/mol. The number of fused-ring (bicyclic) bond motifs is 1. The molecule has 1 N–H and O–H groups in total. The lowest BCUT2D eigenvalue weighted by Crippen LogP contribution is -2.29. The molecule has 3 rings (SSSR count). The molecule has 1 aromatic heterocycles. The third-order valence-corrected chi connectivity index (χ3v) is 4.80. The molecule has 0 radical (unpaired) electrons. The summed E-state index contributed by atoms with van der Waals surface area (Å²) in [5, 5.41) is 14.9. The minimum atomic E-state index is -0.415. The molecule has 0 saturated heterocycles. The van der Waals surface area contributed by atoms with Crippen LogP contribution in [0.5, 0.6) is 17.2 Å². The van der Waals surface area contributed by atoms with Gasteiger partial charge in [-0.15, -0.1) is 0 Å². The van der Waals surface area contributed by atoms with E-state index in [4.69, 9.17) is 9.47 Å². The third-order valence-electron chi connectivity index (χ3n) is 4.30. The molecule has 2 aromatic carbocycles. The fraction of sp³-hybridized carbons (Fsp3) is 0.286. The minimum absolute atomic E-state index is 0.100. The second-order valence-corrected chi connectivity index (χ2v) is 8.40. The van der Waals surface area contributed by atoms with Gasteiger partial charge >= 0.3 is 0 Å². The van der Waals surface area contributed by atoms with Crippen molar-refractivity contribution in [1.29, 1.82) is 0 Å². The Morgan fingerprint density at radius 1 is 1.14 bits per heavy atom. The van der Waals surface area contributed by atoms with Gasteiger partial charge in [0.2, 0.25) is 5.75 Å². The van der Waals surface area contributed by atoms with Gasteiger partial charge in [-0.05, 0) is 30.3 Å². The van der Waals surface area contributed by atoms with E-state index >= 15 is 0 Å². The highest BCUT2D eigenvalue weighted by molar-refractivity contribution is 9.10. The topological polar surface area (TPSA) is 85.9 Å². The van der Waals surface area contributed by atoms with Gasteiger partial charge in [0.25, 0.3) is 5.56 Å². The molecule has 152 valence electrons. The van der Waals surface area contributed by atoms with Gasteiger partial charge in [-0.25, -0.2) is 4.98 Å². The number of ether oxygens (including phenoxy) is 2. The molecule has 3 aromatic rings. The largest absolute Gasteiger partial charge is 0.502 e. The lowest BCUT2D eigenvalue weighted by molar-refractivity contribution is 0.340. The summed E-state index contributed by atoms with van der Waals surface area (Å²) in [6.07, 6.45) is 1.51. The lowest BCUT2D eigenvalue weighted by atomic mass is 9.95. The fourth-order valence-corrected chi connectivity index (χ4v) is 3.22. The van der Waals surface area contributed by atoms with E-state index in [1.54, 1.807) is 24.3 Å². The lowest BCUT2D eigenvalue weighted by Gasteiger charge is -2.20. The molecule has 0 fully saturated rings. The molecule has 0 aliphatic carbocycles. The number of halogens is 1. The van der Waals surface area contributed by atoms with Gasteiger partial charge in [0, 0.05) is 15.5 Å². The van der Waals surface area contributed by atoms with Crippen LogP contribution in [0.2, 0.25) is 0 Å². The molecule has 0 unspecified atom stereocenters. The Morgan fingerprint density at radius 3 is 2.31 bits per heavy atom. The number of aromatic nitrogens is 2. The zero-order valence-corrected chi connectivity index (χ0v) is 18.4. The van der Waals surface area contributed by atoms with Crippen molar-refractivity contribution in [3.63, 3.8) is 0 Å². The van der Waals surface area contributed by atoms with Crippen molar-refractivity contribution < 1.29 is 14.6 Å². The van der Waals surface area contributed by atoms with E-state index in [9.17, 15) is 9.90 Å². The first kappa shape index (κ1) is 20.9. The van der Waals surface area contributed by atoms with Crippen molar-refractivity contribution in [1.82, 2.24) is 9.66 Å². The molecule has 1 heterocycles. The highest BCUT2D eigenvalue weighted by atomic mass is 79.9. The molecular formula is C21H22BrN3O4. The van der Waals surface area contributed by atoms with Crippen LogP contribution in [0.15, 0.2) is 44.7 Å². The molecule has 0 saturated carbocycles. The highest BCUT2D eigenvalue weighted by Gasteiger charge is 2.23. The maximum atomic E-state index is 13.2. The van der Waals surface area contributed by atoms with E-state index < -0.39 is 5.41 Å². The summed E-state index contributed by atoms with van der Waals surface area (Å²) in [7, 11) is 2.89. The van der Waals surface area contributed by atoms with E-state index in [2.05, 4.69) is 26.0 Å². The summed E-state index contributed by atoms with van der Waals surface area (Å²) in [6.45, 7) is 5.91. The highest BCUT2D eigenvalue weighted by Crippen LogP contribution is 2.36. The van der Waals surface area contributed by atoms with Crippen molar-refractivity contribution in [3.05, 3.63) is 56.5 Å². The number of hydrogen-bond donors (Lipinski definition) is 1.